The number of carbonyl (C=O) groups is 1. The Morgan fingerprint density at radius 1 is 1.08 bits per heavy atom. The summed E-state index contributed by atoms with van der Waals surface area (Å²) in [5.74, 6) is 0.594. The Hall–Kier alpha value is -3.11. The molecule has 0 radical (unpaired) electrons. The summed E-state index contributed by atoms with van der Waals surface area (Å²) < 4.78 is 35.5. The van der Waals surface area contributed by atoms with Crippen LogP contribution in [0.15, 0.2) is 65.6 Å². The SMILES string of the molecule is COc1cc(/C=C/C(=O)Nc2nc3ccc(S(C)(=O)=O)cc3s2)ccc1OCc1c(Cl)cccc1Cl. The average molecular weight is 563 g/mol. The lowest BCUT2D eigenvalue weighted by Crippen LogP contribution is -2.07. The molecule has 0 bridgehead atoms. The van der Waals surface area contributed by atoms with E-state index in [4.69, 9.17) is 32.7 Å². The van der Waals surface area contributed by atoms with Crippen molar-refractivity contribution in [1.82, 2.24) is 4.98 Å². The van der Waals surface area contributed by atoms with Crippen molar-refractivity contribution >= 4 is 71.7 Å². The Bertz CT molecular complexity index is 1560. The molecule has 0 saturated heterocycles. The molecule has 11 heteroatoms. The van der Waals surface area contributed by atoms with E-state index in [1.54, 1.807) is 54.6 Å². The quantitative estimate of drug-likeness (QED) is 0.255. The summed E-state index contributed by atoms with van der Waals surface area (Å²) in [6.45, 7) is 0.167. The number of carbonyl (C=O) groups excluding carboxylic acids is 1. The maximum Gasteiger partial charge on any atom is 0.250 e. The first-order chi connectivity index (χ1) is 17.1. The van der Waals surface area contributed by atoms with E-state index in [-0.39, 0.29) is 17.4 Å². The molecule has 36 heavy (non-hydrogen) atoms. The first-order valence-corrected chi connectivity index (χ1v) is 13.9. The molecule has 0 spiro atoms. The van der Waals surface area contributed by atoms with Crippen LogP contribution in [0.2, 0.25) is 10.0 Å². The van der Waals surface area contributed by atoms with E-state index in [1.807, 2.05) is 0 Å². The number of hydrogen-bond acceptors (Lipinski definition) is 7. The van der Waals surface area contributed by atoms with Crippen LogP contribution in [0, 0.1) is 0 Å². The van der Waals surface area contributed by atoms with Gasteiger partial charge < -0.3 is 9.47 Å². The molecule has 1 amide bonds. The summed E-state index contributed by atoms with van der Waals surface area (Å²) in [5, 5.41) is 4.09. The number of fused-ring (bicyclic) bond motifs is 1. The third-order valence-electron chi connectivity index (χ3n) is 5.07. The van der Waals surface area contributed by atoms with E-state index in [1.165, 1.54) is 30.6 Å². The minimum Gasteiger partial charge on any atom is -0.493 e. The van der Waals surface area contributed by atoms with Crippen LogP contribution in [0.4, 0.5) is 5.13 Å². The molecule has 0 fully saturated rings. The number of thiazole rings is 1. The van der Waals surface area contributed by atoms with Gasteiger partial charge in [0.15, 0.2) is 26.5 Å². The number of ether oxygens (including phenoxy) is 2. The number of nitrogens with one attached hydrogen (secondary N) is 1. The van der Waals surface area contributed by atoms with Gasteiger partial charge in [0, 0.05) is 27.9 Å². The van der Waals surface area contributed by atoms with Gasteiger partial charge in [-0.1, -0.05) is 46.7 Å². The van der Waals surface area contributed by atoms with Crippen molar-refractivity contribution in [2.24, 2.45) is 0 Å². The van der Waals surface area contributed by atoms with Crippen molar-refractivity contribution < 1.29 is 22.7 Å². The minimum atomic E-state index is -3.33. The summed E-state index contributed by atoms with van der Waals surface area (Å²) in [7, 11) is -1.81. The lowest BCUT2D eigenvalue weighted by atomic mass is 10.2. The zero-order valence-electron chi connectivity index (χ0n) is 19.1. The number of halogens is 2. The number of amides is 1. The van der Waals surface area contributed by atoms with Gasteiger partial charge in [-0.05, 0) is 54.1 Å². The third kappa shape index (κ3) is 6.17. The Kier molecular flexibility index (Phi) is 7.85. The molecule has 0 unspecified atom stereocenters. The van der Waals surface area contributed by atoms with Crippen molar-refractivity contribution in [3.63, 3.8) is 0 Å². The highest BCUT2D eigenvalue weighted by Crippen LogP contribution is 2.32. The predicted octanol–water partition coefficient (Wildman–Crippen LogP) is 6.25. The van der Waals surface area contributed by atoms with E-state index in [2.05, 4.69) is 10.3 Å². The van der Waals surface area contributed by atoms with Crippen LogP contribution in [-0.4, -0.2) is 32.7 Å². The van der Waals surface area contributed by atoms with Gasteiger partial charge in [-0.15, -0.1) is 0 Å². The summed E-state index contributed by atoms with van der Waals surface area (Å²) in [4.78, 5) is 17.0. The van der Waals surface area contributed by atoms with E-state index in [0.717, 1.165) is 6.26 Å². The molecule has 0 aliphatic carbocycles. The lowest BCUT2D eigenvalue weighted by molar-refractivity contribution is -0.111. The molecule has 1 N–H and O–H groups in total. The van der Waals surface area contributed by atoms with E-state index >= 15 is 0 Å². The van der Waals surface area contributed by atoms with Crippen LogP contribution in [0.1, 0.15) is 11.1 Å². The summed E-state index contributed by atoms with van der Waals surface area (Å²) >= 11 is 13.6. The topological polar surface area (TPSA) is 94.6 Å². The molecule has 3 aromatic carbocycles. The first-order valence-electron chi connectivity index (χ1n) is 10.5. The molecule has 0 saturated carbocycles. The molecule has 4 rings (SSSR count). The van der Waals surface area contributed by atoms with Gasteiger partial charge in [-0.3, -0.25) is 10.1 Å². The normalized spacial score (nSPS) is 11.7. The number of anilines is 1. The fourth-order valence-corrected chi connectivity index (χ4v) is 5.37. The second kappa shape index (κ2) is 10.9. The number of benzene rings is 3. The summed E-state index contributed by atoms with van der Waals surface area (Å²) in [5.41, 5.74) is 1.99. The number of methoxy groups -OCH3 is 1. The highest BCUT2D eigenvalue weighted by molar-refractivity contribution is 7.90. The molecule has 0 aliphatic rings. The van der Waals surface area contributed by atoms with Crippen molar-refractivity contribution in [2.75, 3.05) is 18.7 Å². The zero-order chi connectivity index (χ0) is 25.9. The van der Waals surface area contributed by atoms with Gasteiger partial charge >= 0.3 is 0 Å². The van der Waals surface area contributed by atoms with Crippen LogP contribution in [0.5, 0.6) is 11.5 Å². The maximum atomic E-state index is 12.4. The number of nitrogens with zero attached hydrogens (tertiary/aromatic N) is 1. The zero-order valence-corrected chi connectivity index (χ0v) is 22.3. The van der Waals surface area contributed by atoms with Crippen LogP contribution < -0.4 is 14.8 Å². The summed E-state index contributed by atoms with van der Waals surface area (Å²) in [6, 6.07) is 15.1. The lowest BCUT2D eigenvalue weighted by Gasteiger charge is -2.13. The van der Waals surface area contributed by atoms with Crippen molar-refractivity contribution in [3.8, 4) is 11.5 Å². The highest BCUT2D eigenvalue weighted by atomic mass is 35.5. The van der Waals surface area contributed by atoms with Gasteiger partial charge in [0.1, 0.15) is 6.61 Å². The molecule has 1 aromatic heterocycles. The molecule has 186 valence electrons. The van der Waals surface area contributed by atoms with Crippen molar-refractivity contribution in [3.05, 3.63) is 81.8 Å². The monoisotopic (exact) mass is 562 g/mol. The predicted molar refractivity (Wildman–Crippen MR) is 144 cm³/mol. The maximum absolute atomic E-state index is 12.4. The van der Waals surface area contributed by atoms with Gasteiger partial charge in [-0.25, -0.2) is 13.4 Å². The van der Waals surface area contributed by atoms with Crippen LogP contribution in [-0.2, 0) is 21.2 Å². The summed E-state index contributed by atoms with van der Waals surface area (Å²) in [6.07, 6.45) is 4.14. The molecular formula is C25H20Cl2N2O5S2. The Morgan fingerprint density at radius 2 is 1.83 bits per heavy atom. The fourth-order valence-electron chi connectivity index (χ4n) is 3.24. The Labute approximate surface area is 222 Å². The number of hydrogen-bond donors (Lipinski definition) is 1. The number of aromatic nitrogens is 1. The molecule has 4 aromatic rings. The van der Waals surface area contributed by atoms with Gasteiger partial charge in [-0.2, -0.15) is 0 Å². The molecule has 1 heterocycles. The standard InChI is InChI=1S/C25H20Cl2N2O5S2/c1-33-22-12-15(6-10-21(22)34-14-17-18(26)4-3-5-19(17)27)7-11-24(30)29-25-28-20-9-8-16(36(2,31)32)13-23(20)35-25/h3-13H,14H2,1-2H3,(H,28,29,30)/b11-7+. The average Bonchev–Trinajstić information content (AvgIpc) is 3.23. The van der Waals surface area contributed by atoms with Gasteiger partial charge in [0.2, 0.25) is 5.91 Å². The van der Waals surface area contributed by atoms with Crippen LogP contribution in [0.25, 0.3) is 16.3 Å². The van der Waals surface area contributed by atoms with Gasteiger partial charge in [0.25, 0.3) is 0 Å². The van der Waals surface area contributed by atoms with Gasteiger partial charge in [0.05, 0.1) is 22.2 Å². The van der Waals surface area contributed by atoms with Crippen LogP contribution >= 0.6 is 34.5 Å². The first kappa shape index (κ1) is 26.0. The number of rotatable bonds is 8. The fraction of sp³-hybridized carbons (Fsp3) is 0.120. The number of sulfone groups is 1. The van der Waals surface area contributed by atoms with E-state index in [0.29, 0.717) is 48.0 Å². The smallest absolute Gasteiger partial charge is 0.250 e. The molecular weight excluding hydrogens is 543 g/mol. The minimum absolute atomic E-state index is 0.167. The van der Waals surface area contributed by atoms with Crippen molar-refractivity contribution in [2.45, 2.75) is 11.5 Å². The van der Waals surface area contributed by atoms with Crippen LogP contribution in [0.3, 0.4) is 0 Å². The largest absolute Gasteiger partial charge is 0.493 e. The van der Waals surface area contributed by atoms with Crippen molar-refractivity contribution in [1.29, 1.82) is 0 Å². The van der Waals surface area contributed by atoms with E-state index < -0.39 is 9.84 Å². The van der Waals surface area contributed by atoms with E-state index in [9.17, 15) is 13.2 Å². The molecule has 7 nitrogen and oxygen atoms in total. The third-order valence-corrected chi connectivity index (χ3v) is 7.82. The highest BCUT2D eigenvalue weighted by Gasteiger charge is 2.12. The Morgan fingerprint density at radius 3 is 2.53 bits per heavy atom. The second-order valence-electron chi connectivity index (χ2n) is 7.64. The molecule has 0 aliphatic heterocycles. The Balaban J connectivity index is 1.43. The molecule has 0 atom stereocenters. The second-order valence-corrected chi connectivity index (χ2v) is 11.5.